The summed E-state index contributed by atoms with van der Waals surface area (Å²) in [6.45, 7) is 3.97. The zero-order chi connectivity index (χ0) is 17.8. The van der Waals surface area contributed by atoms with E-state index >= 15 is 0 Å². The molecule has 2 aromatic carbocycles. The van der Waals surface area contributed by atoms with Crippen LogP contribution in [0, 0.1) is 13.8 Å². The number of aromatic nitrogens is 2. The molecule has 0 saturated heterocycles. The Bertz CT molecular complexity index is 907. The molecule has 0 atom stereocenters. The SMILES string of the molecule is Cc1cc(C)cc(NC(=O)c2cc(Nc3ccccc3Cl)ncn2)c1. The molecule has 1 amide bonds. The third-order valence-corrected chi connectivity index (χ3v) is 3.85. The molecule has 0 fully saturated rings. The van der Waals surface area contributed by atoms with Crippen molar-refractivity contribution in [3.8, 4) is 0 Å². The van der Waals surface area contributed by atoms with Crippen molar-refractivity contribution in [3.05, 3.63) is 76.7 Å². The van der Waals surface area contributed by atoms with Gasteiger partial charge in [-0.05, 0) is 49.2 Å². The third kappa shape index (κ3) is 4.33. The quantitative estimate of drug-likeness (QED) is 0.711. The maximum atomic E-state index is 12.5. The van der Waals surface area contributed by atoms with Crippen LogP contribution < -0.4 is 10.6 Å². The number of amides is 1. The molecule has 25 heavy (non-hydrogen) atoms. The molecule has 0 unspecified atom stereocenters. The van der Waals surface area contributed by atoms with Gasteiger partial charge in [0.1, 0.15) is 17.8 Å². The smallest absolute Gasteiger partial charge is 0.274 e. The first-order valence-corrected chi connectivity index (χ1v) is 8.12. The van der Waals surface area contributed by atoms with Gasteiger partial charge in [-0.1, -0.05) is 29.8 Å². The number of rotatable bonds is 4. The number of carbonyl (C=O) groups is 1. The molecule has 3 aromatic rings. The first-order chi connectivity index (χ1) is 12.0. The van der Waals surface area contributed by atoms with Crippen LogP contribution in [0.25, 0.3) is 0 Å². The second-order valence-electron chi connectivity index (χ2n) is 5.72. The lowest BCUT2D eigenvalue weighted by atomic mass is 10.1. The molecule has 0 aliphatic heterocycles. The molecule has 6 heteroatoms. The molecule has 1 heterocycles. The maximum Gasteiger partial charge on any atom is 0.274 e. The molecule has 0 radical (unpaired) electrons. The zero-order valence-electron chi connectivity index (χ0n) is 13.9. The summed E-state index contributed by atoms with van der Waals surface area (Å²) in [6.07, 6.45) is 1.34. The highest BCUT2D eigenvalue weighted by molar-refractivity contribution is 6.33. The van der Waals surface area contributed by atoms with Gasteiger partial charge >= 0.3 is 0 Å². The fourth-order valence-electron chi connectivity index (χ4n) is 2.49. The largest absolute Gasteiger partial charge is 0.339 e. The Morgan fingerprint density at radius 1 is 1.00 bits per heavy atom. The van der Waals surface area contributed by atoms with Gasteiger partial charge < -0.3 is 10.6 Å². The minimum atomic E-state index is -0.297. The van der Waals surface area contributed by atoms with Crippen molar-refractivity contribution in [2.75, 3.05) is 10.6 Å². The predicted octanol–water partition coefficient (Wildman–Crippen LogP) is 4.74. The highest BCUT2D eigenvalue weighted by Gasteiger charge is 2.10. The molecule has 1 aromatic heterocycles. The Balaban J connectivity index is 1.78. The van der Waals surface area contributed by atoms with Crippen molar-refractivity contribution in [1.82, 2.24) is 9.97 Å². The summed E-state index contributed by atoms with van der Waals surface area (Å²) in [5.74, 6) is 0.197. The average molecular weight is 353 g/mol. The second kappa shape index (κ2) is 7.32. The van der Waals surface area contributed by atoms with Gasteiger partial charge in [-0.25, -0.2) is 9.97 Å². The number of anilines is 3. The Labute approximate surface area is 151 Å². The Hall–Kier alpha value is -2.92. The minimum Gasteiger partial charge on any atom is -0.339 e. The highest BCUT2D eigenvalue weighted by atomic mass is 35.5. The minimum absolute atomic E-state index is 0.267. The normalized spacial score (nSPS) is 10.4. The van der Waals surface area contributed by atoms with Crippen molar-refractivity contribution in [2.45, 2.75) is 13.8 Å². The summed E-state index contributed by atoms with van der Waals surface area (Å²) >= 11 is 6.13. The van der Waals surface area contributed by atoms with Gasteiger partial charge in [0.2, 0.25) is 0 Å². The summed E-state index contributed by atoms with van der Waals surface area (Å²) in [5, 5.41) is 6.52. The van der Waals surface area contributed by atoms with Crippen LogP contribution in [0.3, 0.4) is 0 Å². The van der Waals surface area contributed by atoms with Crippen LogP contribution in [0.1, 0.15) is 21.6 Å². The van der Waals surface area contributed by atoms with Crippen molar-refractivity contribution < 1.29 is 4.79 Å². The summed E-state index contributed by atoms with van der Waals surface area (Å²) in [6, 6.07) is 14.8. The van der Waals surface area contributed by atoms with E-state index in [0.717, 1.165) is 16.8 Å². The van der Waals surface area contributed by atoms with E-state index in [9.17, 15) is 4.79 Å². The maximum absolute atomic E-state index is 12.5. The van der Waals surface area contributed by atoms with E-state index in [1.807, 2.05) is 50.2 Å². The van der Waals surface area contributed by atoms with Gasteiger partial charge in [0.15, 0.2) is 0 Å². The number of nitrogens with zero attached hydrogens (tertiary/aromatic N) is 2. The molecule has 3 rings (SSSR count). The number of para-hydroxylation sites is 1. The number of aryl methyl sites for hydroxylation is 2. The Morgan fingerprint density at radius 3 is 2.44 bits per heavy atom. The second-order valence-corrected chi connectivity index (χ2v) is 6.13. The molecule has 2 N–H and O–H groups in total. The van der Waals surface area contributed by atoms with E-state index in [-0.39, 0.29) is 11.6 Å². The molecule has 0 bridgehead atoms. The summed E-state index contributed by atoms with van der Waals surface area (Å²) in [4.78, 5) is 20.6. The molecule has 5 nitrogen and oxygen atoms in total. The lowest BCUT2D eigenvalue weighted by molar-refractivity contribution is 0.102. The van der Waals surface area contributed by atoms with Crippen molar-refractivity contribution in [2.24, 2.45) is 0 Å². The van der Waals surface area contributed by atoms with E-state index in [4.69, 9.17) is 11.6 Å². The molecular weight excluding hydrogens is 336 g/mol. The van der Waals surface area contributed by atoms with Gasteiger partial charge in [0.05, 0.1) is 10.7 Å². The van der Waals surface area contributed by atoms with Crippen LogP contribution in [0.15, 0.2) is 54.9 Å². The summed E-state index contributed by atoms with van der Waals surface area (Å²) in [5.41, 5.74) is 3.88. The lowest BCUT2D eigenvalue weighted by Crippen LogP contribution is -2.14. The van der Waals surface area contributed by atoms with Crippen LogP contribution in [-0.4, -0.2) is 15.9 Å². The zero-order valence-corrected chi connectivity index (χ0v) is 14.6. The van der Waals surface area contributed by atoms with Crippen LogP contribution in [0.4, 0.5) is 17.2 Å². The number of nitrogens with one attached hydrogen (secondary N) is 2. The van der Waals surface area contributed by atoms with Gasteiger partial charge in [-0.15, -0.1) is 0 Å². The number of carbonyl (C=O) groups excluding carboxylic acids is 1. The number of benzene rings is 2. The predicted molar refractivity (Wildman–Crippen MR) is 101 cm³/mol. The topological polar surface area (TPSA) is 66.9 Å². The lowest BCUT2D eigenvalue weighted by Gasteiger charge is -2.09. The number of halogens is 1. The molecule has 0 spiro atoms. The number of hydrogen-bond acceptors (Lipinski definition) is 4. The Morgan fingerprint density at radius 2 is 1.72 bits per heavy atom. The van der Waals surface area contributed by atoms with Crippen LogP contribution in [0.5, 0.6) is 0 Å². The van der Waals surface area contributed by atoms with Gasteiger partial charge in [-0.2, -0.15) is 0 Å². The van der Waals surface area contributed by atoms with Crippen LogP contribution >= 0.6 is 11.6 Å². The number of hydrogen-bond donors (Lipinski definition) is 2. The summed E-state index contributed by atoms with van der Waals surface area (Å²) < 4.78 is 0. The monoisotopic (exact) mass is 352 g/mol. The highest BCUT2D eigenvalue weighted by Crippen LogP contribution is 2.24. The van der Waals surface area contributed by atoms with E-state index in [1.54, 1.807) is 12.1 Å². The fraction of sp³-hybridized carbons (Fsp3) is 0.105. The van der Waals surface area contributed by atoms with Gasteiger partial charge in [0, 0.05) is 11.8 Å². The van der Waals surface area contributed by atoms with E-state index in [0.29, 0.717) is 16.5 Å². The van der Waals surface area contributed by atoms with Crippen LogP contribution in [-0.2, 0) is 0 Å². The van der Waals surface area contributed by atoms with Gasteiger partial charge in [-0.3, -0.25) is 4.79 Å². The van der Waals surface area contributed by atoms with Crippen molar-refractivity contribution in [1.29, 1.82) is 0 Å². The molecule has 126 valence electrons. The molecule has 0 aliphatic carbocycles. The van der Waals surface area contributed by atoms with Crippen molar-refractivity contribution >= 4 is 34.7 Å². The summed E-state index contributed by atoms with van der Waals surface area (Å²) in [7, 11) is 0. The molecule has 0 saturated carbocycles. The van der Waals surface area contributed by atoms with E-state index in [1.165, 1.54) is 6.33 Å². The third-order valence-electron chi connectivity index (χ3n) is 3.52. The van der Waals surface area contributed by atoms with Crippen molar-refractivity contribution in [3.63, 3.8) is 0 Å². The fourth-order valence-corrected chi connectivity index (χ4v) is 2.68. The average Bonchev–Trinajstić information content (AvgIpc) is 2.56. The van der Waals surface area contributed by atoms with E-state index < -0.39 is 0 Å². The standard InChI is InChI=1S/C19H17ClN4O/c1-12-7-13(2)9-14(8-12)23-19(25)17-10-18(22-11-21-17)24-16-6-4-3-5-15(16)20/h3-11H,1-2H3,(H,23,25)(H,21,22,24). The van der Waals surface area contributed by atoms with Crippen LogP contribution in [0.2, 0.25) is 5.02 Å². The first-order valence-electron chi connectivity index (χ1n) is 7.74. The molecular formula is C19H17ClN4O. The first kappa shape index (κ1) is 16.9. The van der Waals surface area contributed by atoms with Gasteiger partial charge in [0.25, 0.3) is 5.91 Å². The molecule has 0 aliphatic rings. The van der Waals surface area contributed by atoms with E-state index in [2.05, 4.69) is 20.6 Å². The Kier molecular flexibility index (Phi) is 4.95.